The van der Waals surface area contributed by atoms with E-state index in [4.69, 9.17) is 0 Å². The second kappa shape index (κ2) is 19.0. The molecule has 0 heterocycles. The maximum Gasteiger partial charge on any atom is 0.122 e. The van der Waals surface area contributed by atoms with Crippen molar-refractivity contribution < 1.29 is 30.6 Å². The lowest BCUT2D eigenvalue weighted by molar-refractivity contribution is 0.455. The van der Waals surface area contributed by atoms with Gasteiger partial charge >= 0.3 is 0 Å². The molecule has 7 aromatic carbocycles. The summed E-state index contributed by atoms with van der Waals surface area (Å²) in [4.78, 5) is 0. The molecule has 0 saturated heterocycles. The van der Waals surface area contributed by atoms with E-state index in [9.17, 15) is 30.6 Å². The number of hydrogen-bond donors (Lipinski definition) is 6. The van der Waals surface area contributed by atoms with Gasteiger partial charge < -0.3 is 30.6 Å². The summed E-state index contributed by atoms with van der Waals surface area (Å²) >= 11 is 0. The van der Waals surface area contributed by atoms with Crippen molar-refractivity contribution in [2.24, 2.45) is 0 Å². The van der Waals surface area contributed by atoms with Gasteiger partial charge in [0.05, 0.1) is 0 Å². The van der Waals surface area contributed by atoms with E-state index in [1.165, 1.54) is 0 Å². The summed E-state index contributed by atoms with van der Waals surface area (Å²) in [7, 11) is 0. The molecule has 0 bridgehead atoms. The SMILES string of the molecule is CC(C)(C)c1ccc(O)c(Cc2cc(C(c3ccccc3)c3cc(Cc4cc(C(C)(C)C)ccc4O)c(O)c(Cc4cc(C(C)(C)C)ccc4O)c3)cc(Cc3cc(C(C)(C)C)ccc3O)c2O)c1. The predicted octanol–water partition coefficient (Wildman–Crippen LogP) is 14.7. The Kier molecular flexibility index (Phi) is 13.8. The Bertz CT molecular complexity index is 2630. The monoisotopic (exact) mass is 925 g/mol. The van der Waals surface area contributed by atoms with Crippen molar-refractivity contribution in [2.75, 3.05) is 0 Å². The van der Waals surface area contributed by atoms with Gasteiger partial charge in [-0.2, -0.15) is 0 Å². The van der Waals surface area contributed by atoms with Gasteiger partial charge in [-0.3, -0.25) is 0 Å². The molecule has 0 atom stereocenters. The highest BCUT2D eigenvalue weighted by Gasteiger charge is 2.27. The summed E-state index contributed by atoms with van der Waals surface area (Å²) in [5, 5.41) is 70.2. The number of benzene rings is 7. The first-order valence-electron chi connectivity index (χ1n) is 24.2. The van der Waals surface area contributed by atoms with Crippen LogP contribution in [0.4, 0.5) is 0 Å². The predicted molar refractivity (Wildman–Crippen MR) is 282 cm³/mol. The molecule has 0 amide bonds. The summed E-state index contributed by atoms with van der Waals surface area (Å²) in [5.74, 6) is 0.259. The van der Waals surface area contributed by atoms with Crippen molar-refractivity contribution in [3.05, 3.63) is 211 Å². The van der Waals surface area contributed by atoms with Gasteiger partial charge in [-0.15, -0.1) is 0 Å². The molecule has 360 valence electrons. The van der Waals surface area contributed by atoms with E-state index in [1.807, 2.05) is 91.0 Å². The molecule has 0 fully saturated rings. The molecule has 0 aliphatic heterocycles. The van der Waals surface area contributed by atoms with Crippen LogP contribution in [0, 0.1) is 0 Å². The molecule has 0 radical (unpaired) electrons. The van der Waals surface area contributed by atoms with Crippen molar-refractivity contribution in [3.8, 4) is 34.5 Å². The third-order valence-corrected chi connectivity index (χ3v) is 13.7. The van der Waals surface area contributed by atoms with Crippen LogP contribution in [-0.2, 0) is 47.3 Å². The van der Waals surface area contributed by atoms with Gasteiger partial charge in [0, 0.05) is 31.6 Å². The van der Waals surface area contributed by atoms with E-state index < -0.39 is 5.92 Å². The smallest absolute Gasteiger partial charge is 0.122 e. The van der Waals surface area contributed by atoms with Crippen LogP contribution in [0.15, 0.2) is 127 Å². The fraction of sp³-hybridized carbons (Fsp3) is 0.333. The van der Waals surface area contributed by atoms with E-state index >= 15 is 0 Å². The van der Waals surface area contributed by atoms with Gasteiger partial charge in [0.1, 0.15) is 34.5 Å². The summed E-state index contributed by atoms with van der Waals surface area (Å²) in [6.45, 7) is 25.6. The average Bonchev–Trinajstić information content (AvgIpc) is 3.25. The number of aromatic hydroxyl groups is 6. The lowest BCUT2D eigenvalue weighted by Gasteiger charge is -2.25. The number of phenolic OH excluding ortho intramolecular Hbond substituents is 6. The highest BCUT2D eigenvalue weighted by molar-refractivity contribution is 5.59. The molecule has 0 aromatic heterocycles. The Balaban J connectivity index is 1.50. The lowest BCUT2D eigenvalue weighted by Crippen LogP contribution is -2.12. The molecule has 69 heavy (non-hydrogen) atoms. The van der Waals surface area contributed by atoms with Gasteiger partial charge in [0.15, 0.2) is 0 Å². The molecule has 6 heteroatoms. The Labute approximate surface area is 410 Å². The van der Waals surface area contributed by atoms with E-state index in [0.29, 0.717) is 44.5 Å². The van der Waals surface area contributed by atoms with E-state index in [0.717, 1.165) is 38.9 Å². The molecule has 0 spiro atoms. The average molecular weight is 925 g/mol. The first-order chi connectivity index (χ1) is 32.2. The minimum atomic E-state index is -0.449. The van der Waals surface area contributed by atoms with Crippen LogP contribution in [0.5, 0.6) is 34.5 Å². The first-order valence-corrected chi connectivity index (χ1v) is 24.2. The molecule has 0 unspecified atom stereocenters. The number of hydrogen-bond acceptors (Lipinski definition) is 6. The maximum atomic E-state index is 12.4. The van der Waals surface area contributed by atoms with Crippen molar-refractivity contribution in [2.45, 2.75) is 136 Å². The van der Waals surface area contributed by atoms with Crippen LogP contribution in [0.3, 0.4) is 0 Å². The zero-order chi connectivity index (χ0) is 50.4. The third-order valence-electron chi connectivity index (χ3n) is 13.7. The first kappa shape index (κ1) is 50.2. The van der Waals surface area contributed by atoms with Gasteiger partial charge in [-0.05, 0) is 129 Å². The largest absolute Gasteiger partial charge is 0.508 e. The molecule has 0 aliphatic rings. The molecule has 6 N–H and O–H groups in total. The molecule has 0 aliphatic carbocycles. The molecular formula is C63H72O6. The Morgan fingerprint density at radius 1 is 0.290 bits per heavy atom. The molecule has 7 rings (SSSR count). The second-order valence-electron chi connectivity index (χ2n) is 23.3. The number of rotatable bonds is 11. The zero-order valence-corrected chi connectivity index (χ0v) is 42.7. The minimum Gasteiger partial charge on any atom is -0.508 e. The Morgan fingerprint density at radius 3 is 0.768 bits per heavy atom. The zero-order valence-electron chi connectivity index (χ0n) is 42.7. The lowest BCUT2D eigenvalue weighted by atomic mass is 9.79. The van der Waals surface area contributed by atoms with Gasteiger partial charge in [0.2, 0.25) is 0 Å². The van der Waals surface area contributed by atoms with Crippen molar-refractivity contribution in [1.29, 1.82) is 0 Å². The van der Waals surface area contributed by atoms with Crippen LogP contribution < -0.4 is 0 Å². The van der Waals surface area contributed by atoms with Crippen LogP contribution in [0.25, 0.3) is 0 Å². The van der Waals surface area contributed by atoms with Crippen LogP contribution in [0.1, 0.15) is 172 Å². The van der Waals surface area contributed by atoms with Crippen molar-refractivity contribution >= 4 is 0 Å². The summed E-state index contributed by atoms with van der Waals surface area (Å²) in [6, 6.07) is 41.0. The standard InChI is InChI=1S/C63H72O6/c1-60(2,3)49-18-22-53(64)39(34-49)26-45-30-43(31-46(58(45)68)27-40-35-50(61(4,5)6)19-23-54(40)65)57(38-16-14-13-15-17-38)44-32-47(28-41-36-51(62(7,8)9)20-24-55(41)66)59(69)48(33-44)29-42-37-52(63(10,11)12)21-25-56(42)67/h13-25,30-37,57,64-69H,26-29H2,1-12H3. The normalized spacial score (nSPS) is 12.5. The fourth-order valence-corrected chi connectivity index (χ4v) is 9.26. The molecule has 7 aromatic rings. The molecular weight excluding hydrogens is 853 g/mol. The van der Waals surface area contributed by atoms with Gasteiger partial charge in [-0.1, -0.05) is 186 Å². The van der Waals surface area contributed by atoms with E-state index in [-0.39, 0.29) is 81.8 Å². The third kappa shape index (κ3) is 11.5. The Morgan fingerprint density at radius 2 is 0.536 bits per heavy atom. The van der Waals surface area contributed by atoms with Crippen molar-refractivity contribution in [3.63, 3.8) is 0 Å². The number of phenols is 6. The molecule has 0 saturated carbocycles. The fourth-order valence-electron chi connectivity index (χ4n) is 9.26. The summed E-state index contributed by atoms with van der Waals surface area (Å²) in [6.07, 6.45) is 0.932. The summed E-state index contributed by atoms with van der Waals surface area (Å²) < 4.78 is 0. The summed E-state index contributed by atoms with van der Waals surface area (Å²) in [5.41, 5.74) is 11.3. The second-order valence-corrected chi connectivity index (χ2v) is 23.3. The Hall–Kier alpha value is -6.66. The van der Waals surface area contributed by atoms with Crippen LogP contribution in [0.2, 0.25) is 0 Å². The highest BCUT2D eigenvalue weighted by Crippen LogP contribution is 2.43. The van der Waals surface area contributed by atoms with Gasteiger partial charge in [-0.25, -0.2) is 0 Å². The molecule has 6 nitrogen and oxygen atoms in total. The van der Waals surface area contributed by atoms with Crippen LogP contribution >= 0.6 is 0 Å². The van der Waals surface area contributed by atoms with Gasteiger partial charge in [0.25, 0.3) is 0 Å². The quantitative estimate of drug-likeness (QED) is 0.0719. The van der Waals surface area contributed by atoms with Crippen molar-refractivity contribution in [1.82, 2.24) is 0 Å². The van der Waals surface area contributed by atoms with Crippen LogP contribution in [-0.4, -0.2) is 30.6 Å². The minimum absolute atomic E-state index is 0.0854. The van der Waals surface area contributed by atoms with E-state index in [1.54, 1.807) is 24.3 Å². The topological polar surface area (TPSA) is 121 Å². The maximum absolute atomic E-state index is 12.4. The van der Waals surface area contributed by atoms with E-state index in [2.05, 4.69) is 95.2 Å². The highest BCUT2D eigenvalue weighted by atomic mass is 16.3.